The molecule has 0 saturated carbocycles. The second kappa shape index (κ2) is 18.9. The molecule has 1 aliphatic rings. The first-order valence-corrected chi connectivity index (χ1v) is 17.4. The summed E-state index contributed by atoms with van der Waals surface area (Å²) in [5, 5.41) is 16.1. The maximum absolute atomic E-state index is 13.7. The molecule has 0 unspecified atom stereocenters. The summed E-state index contributed by atoms with van der Waals surface area (Å²) >= 11 is 0. The Morgan fingerprint density at radius 1 is 0.918 bits per heavy atom. The van der Waals surface area contributed by atoms with E-state index in [0.717, 1.165) is 35.3 Å². The maximum Gasteiger partial charge on any atom is 0.309 e. The van der Waals surface area contributed by atoms with Crippen LogP contribution < -0.4 is 15.4 Å². The number of carbonyl (C=O) groups excluding carboxylic acids is 3. The Kier molecular flexibility index (Phi) is 14.5. The van der Waals surface area contributed by atoms with Crippen molar-refractivity contribution in [1.82, 2.24) is 10.6 Å². The van der Waals surface area contributed by atoms with E-state index in [-0.39, 0.29) is 43.3 Å². The molecule has 8 heteroatoms. The number of carbonyl (C=O) groups is 3. The van der Waals surface area contributed by atoms with Crippen molar-refractivity contribution < 1.29 is 29.0 Å². The smallest absolute Gasteiger partial charge is 0.309 e. The third-order valence-electron chi connectivity index (χ3n) is 8.96. The lowest BCUT2D eigenvalue weighted by Gasteiger charge is -2.33. The number of aliphatic hydroxyl groups is 1. The lowest BCUT2D eigenvalue weighted by Crippen LogP contribution is -2.50. The molecule has 1 heterocycles. The van der Waals surface area contributed by atoms with Gasteiger partial charge >= 0.3 is 5.97 Å². The average Bonchev–Trinajstić information content (AvgIpc) is 3.09. The van der Waals surface area contributed by atoms with E-state index in [0.29, 0.717) is 32.3 Å². The van der Waals surface area contributed by atoms with Gasteiger partial charge in [-0.3, -0.25) is 14.4 Å². The summed E-state index contributed by atoms with van der Waals surface area (Å²) in [6.07, 6.45) is 7.66. The van der Waals surface area contributed by atoms with Crippen LogP contribution in [-0.2, 0) is 38.6 Å². The van der Waals surface area contributed by atoms with Crippen molar-refractivity contribution in [3.05, 3.63) is 114 Å². The number of nitrogens with one attached hydrogen (secondary N) is 2. The molecule has 262 valence electrons. The second-order valence-electron chi connectivity index (χ2n) is 14.1. The second-order valence-corrected chi connectivity index (χ2v) is 14.1. The fourth-order valence-electron chi connectivity index (χ4n) is 5.85. The third-order valence-corrected chi connectivity index (χ3v) is 8.96. The minimum atomic E-state index is -0.619. The molecule has 4 rings (SSSR count). The van der Waals surface area contributed by atoms with Gasteiger partial charge in [-0.15, -0.1) is 0 Å². The van der Waals surface area contributed by atoms with Gasteiger partial charge in [0.05, 0.1) is 30.5 Å². The van der Waals surface area contributed by atoms with Gasteiger partial charge in [0.1, 0.15) is 19.0 Å². The Hall–Kier alpha value is -4.43. The van der Waals surface area contributed by atoms with Crippen molar-refractivity contribution in [2.45, 2.75) is 84.4 Å². The highest BCUT2D eigenvalue weighted by atomic mass is 16.5. The number of allylic oxidation sites excluding steroid dienone is 2. The summed E-state index contributed by atoms with van der Waals surface area (Å²) in [7, 11) is 0. The highest BCUT2D eigenvalue weighted by molar-refractivity contribution is 5.86. The van der Waals surface area contributed by atoms with Crippen molar-refractivity contribution in [3.8, 4) is 5.75 Å². The van der Waals surface area contributed by atoms with Crippen molar-refractivity contribution in [2.24, 2.45) is 17.3 Å². The van der Waals surface area contributed by atoms with Crippen LogP contribution in [-0.4, -0.2) is 48.2 Å². The number of ether oxygens (including phenoxy) is 2. The fourth-order valence-corrected chi connectivity index (χ4v) is 5.85. The van der Waals surface area contributed by atoms with Crippen LogP contribution in [0.1, 0.15) is 69.6 Å². The summed E-state index contributed by atoms with van der Waals surface area (Å²) < 4.78 is 11.7. The zero-order chi connectivity index (χ0) is 35.1. The first-order chi connectivity index (χ1) is 23.6. The number of esters is 1. The molecule has 4 atom stereocenters. The van der Waals surface area contributed by atoms with Crippen molar-refractivity contribution in [3.63, 3.8) is 0 Å². The molecule has 0 bridgehead atoms. The Morgan fingerprint density at radius 3 is 2.24 bits per heavy atom. The number of rotatable bonds is 11. The zero-order valence-electron chi connectivity index (χ0n) is 29.1. The highest BCUT2D eigenvalue weighted by Crippen LogP contribution is 2.24. The lowest BCUT2D eigenvalue weighted by molar-refractivity contribution is -0.151. The number of hydrogen-bond acceptors (Lipinski definition) is 6. The number of cyclic esters (lactones) is 1. The first-order valence-electron chi connectivity index (χ1n) is 17.4. The van der Waals surface area contributed by atoms with Crippen LogP contribution >= 0.6 is 0 Å². The lowest BCUT2D eigenvalue weighted by atomic mass is 9.86. The number of amides is 2. The molecule has 3 N–H and O–H groups in total. The van der Waals surface area contributed by atoms with Crippen molar-refractivity contribution in [1.29, 1.82) is 0 Å². The minimum absolute atomic E-state index is 0.0330. The van der Waals surface area contributed by atoms with Crippen LogP contribution in [0.15, 0.2) is 97.1 Å². The Bertz CT molecular complexity index is 1480. The van der Waals surface area contributed by atoms with Gasteiger partial charge in [-0.1, -0.05) is 106 Å². The predicted octanol–water partition coefficient (Wildman–Crippen LogP) is 6.35. The topological polar surface area (TPSA) is 114 Å². The zero-order valence-corrected chi connectivity index (χ0v) is 29.1. The van der Waals surface area contributed by atoms with Gasteiger partial charge in [0, 0.05) is 6.42 Å². The van der Waals surface area contributed by atoms with Gasteiger partial charge in [0.25, 0.3) is 0 Å². The first kappa shape index (κ1) is 37.4. The molecular formula is C41H52N2O6. The van der Waals surface area contributed by atoms with E-state index >= 15 is 0 Å². The van der Waals surface area contributed by atoms with E-state index < -0.39 is 23.4 Å². The van der Waals surface area contributed by atoms with E-state index in [1.807, 2.05) is 118 Å². The van der Waals surface area contributed by atoms with Gasteiger partial charge in [-0.2, -0.15) is 0 Å². The van der Waals surface area contributed by atoms with E-state index in [4.69, 9.17) is 9.47 Å². The van der Waals surface area contributed by atoms with Gasteiger partial charge < -0.3 is 25.2 Å². The summed E-state index contributed by atoms with van der Waals surface area (Å²) in [6.45, 7) is 6.26. The standard InChI is InChI=1S/C41H52N2O6/c1-41(2,3)37-29-49-40(47)34(24-30-14-8-6-9-15-30)19-13-5-4-12-18-33(39(46)43-37)26-38(45)42-35(27-44)25-31-20-22-36(23-21-31)48-28-32-16-10-7-11-17-32/h4,6-12,14-17,20-23,33-35,37,44H,5,13,18-19,24-29H2,1-3H3,(H,42,45)(H,43,46)/t33-,34-,35+,37-/m1/s1. The SMILES string of the molecule is CC(C)(C)[C@H]1COC(=O)[C@@H](Cc2ccccc2)CCCC=CC[C@H](CC(=O)N[C@H](CO)Cc2ccc(OCc3ccccc3)cc2)C(=O)N1. The Balaban J connectivity index is 1.36. The molecule has 0 radical (unpaired) electrons. The largest absolute Gasteiger partial charge is 0.489 e. The van der Waals surface area contributed by atoms with E-state index in [2.05, 4.69) is 10.6 Å². The Labute approximate surface area is 291 Å². The highest BCUT2D eigenvalue weighted by Gasteiger charge is 2.32. The molecule has 1 aliphatic heterocycles. The van der Waals surface area contributed by atoms with Gasteiger partial charge in [-0.05, 0) is 72.8 Å². The van der Waals surface area contributed by atoms with Gasteiger partial charge in [0.15, 0.2) is 0 Å². The average molecular weight is 669 g/mol. The molecule has 8 nitrogen and oxygen atoms in total. The minimum Gasteiger partial charge on any atom is -0.489 e. The summed E-state index contributed by atoms with van der Waals surface area (Å²) in [5.41, 5.74) is 2.72. The van der Waals surface area contributed by atoms with E-state index in [1.54, 1.807) is 0 Å². The molecule has 2 amide bonds. The molecular weight excluding hydrogens is 616 g/mol. The fraction of sp³-hybridized carbons (Fsp3) is 0.439. The molecule has 3 aromatic rings. The Morgan fingerprint density at radius 2 is 1.59 bits per heavy atom. The van der Waals surface area contributed by atoms with Crippen LogP contribution in [0.4, 0.5) is 0 Å². The molecule has 49 heavy (non-hydrogen) atoms. The van der Waals surface area contributed by atoms with Crippen molar-refractivity contribution >= 4 is 17.8 Å². The van der Waals surface area contributed by atoms with Crippen LogP contribution in [0.3, 0.4) is 0 Å². The summed E-state index contributed by atoms with van der Waals surface area (Å²) in [6, 6.07) is 26.6. The molecule has 3 aromatic carbocycles. The number of hydrogen-bond donors (Lipinski definition) is 3. The number of benzene rings is 3. The van der Waals surface area contributed by atoms with Crippen LogP contribution in [0.2, 0.25) is 0 Å². The van der Waals surface area contributed by atoms with Gasteiger partial charge in [0.2, 0.25) is 11.8 Å². The molecule has 0 saturated heterocycles. The quantitative estimate of drug-likeness (QED) is 0.162. The van der Waals surface area contributed by atoms with Crippen molar-refractivity contribution in [2.75, 3.05) is 13.2 Å². The monoisotopic (exact) mass is 668 g/mol. The van der Waals surface area contributed by atoms with Gasteiger partial charge in [-0.25, -0.2) is 0 Å². The van der Waals surface area contributed by atoms with Crippen LogP contribution in [0.5, 0.6) is 5.75 Å². The number of aliphatic hydroxyl groups excluding tert-OH is 1. The predicted molar refractivity (Wildman–Crippen MR) is 192 cm³/mol. The maximum atomic E-state index is 13.7. The van der Waals surface area contributed by atoms with E-state index in [9.17, 15) is 19.5 Å². The van der Waals surface area contributed by atoms with E-state index in [1.165, 1.54) is 0 Å². The van der Waals surface area contributed by atoms with Crippen LogP contribution in [0, 0.1) is 17.3 Å². The third kappa shape index (κ3) is 12.8. The molecule has 0 fully saturated rings. The summed E-state index contributed by atoms with van der Waals surface area (Å²) in [5.74, 6) is -0.976. The van der Waals surface area contributed by atoms with Crippen LogP contribution in [0.25, 0.3) is 0 Å². The molecule has 0 aromatic heterocycles. The molecule has 0 spiro atoms. The summed E-state index contributed by atoms with van der Waals surface area (Å²) in [4.78, 5) is 40.2. The molecule has 0 aliphatic carbocycles. The normalized spacial score (nSPS) is 20.0.